The zero-order valence-corrected chi connectivity index (χ0v) is 11.8. The summed E-state index contributed by atoms with van der Waals surface area (Å²) >= 11 is 3.28. The van der Waals surface area contributed by atoms with E-state index in [1.165, 1.54) is 0 Å². The van der Waals surface area contributed by atoms with Crippen molar-refractivity contribution in [1.82, 2.24) is 15.0 Å². The molecule has 3 rings (SSSR count). The summed E-state index contributed by atoms with van der Waals surface area (Å²) < 4.78 is 0.641. The normalized spacial score (nSPS) is 10.8. The van der Waals surface area contributed by atoms with E-state index in [1.54, 1.807) is 6.20 Å². The molecule has 4 N–H and O–H groups in total. The van der Waals surface area contributed by atoms with Gasteiger partial charge in [-0.15, -0.1) is 0 Å². The van der Waals surface area contributed by atoms with E-state index in [0.29, 0.717) is 16.2 Å². The summed E-state index contributed by atoms with van der Waals surface area (Å²) in [5.74, 6) is 0.912. The van der Waals surface area contributed by atoms with Crippen LogP contribution in [-0.4, -0.2) is 15.0 Å². The summed E-state index contributed by atoms with van der Waals surface area (Å²) in [5.41, 5.74) is 8.95. The fourth-order valence-electron chi connectivity index (χ4n) is 1.96. The monoisotopic (exact) mass is 317 g/mol. The molecular formula is C13H12BrN5. The minimum absolute atomic E-state index is 0.369. The molecule has 0 atom stereocenters. The number of aromatic amines is 1. The van der Waals surface area contributed by atoms with Crippen LogP contribution in [0.3, 0.4) is 0 Å². The SMILES string of the molecule is Cc1cc2cc(Nc3nc(Br)cnc3N)ccc2[nH]1. The van der Waals surface area contributed by atoms with Gasteiger partial charge in [-0.2, -0.15) is 0 Å². The average molecular weight is 318 g/mol. The first-order chi connectivity index (χ1) is 9.11. The van der Waals surface area contributed by atoms with Gasteiger partial charge in [0.1, 0.15) is 4.60 Å². The minimum atomic E-state index is 0.369. The van der Waals surface area contributed by atoms with E-state index >= 15 is 0 Å². The van der Waals surface area contributed by atoms with Crippen LogP contribution < -0.4 is 11.1 Å². The highest BCUT2D eigenvalue weighted by atomic mass is 79.9. The van der Waals surface area contributed by atoms with Crippen LogP contribution in [-0.2, 0) is 0 Å². The Bertz CT molecular complexity index is 750. The number of nitrogens with zero attached hydrogens (tertiary/aromatic N) is 2. The van der Waals surface area contributed by atoms with Crippen molar-refractivity contribution >= 4 is 44.2 Å². The van der Waals surface area contributed by atoms with Crippen molar-refractivity contribution in [1.29, 1.82) is 0 Å². The third-order valence-corrected chi connectivity index (χ3v) is 3.17. The Morgan fingerprint density at radius 1 is 1.32 bits per heavy atom. The number of benzene rings is 1. The Morgan fingerprint density at radius 3 is 3.00 bits per heavy atom. The van der Waals surface area contributed by atoms with Crippen LogP contribution in [0.15, 0.2) is 35.1 Å². The number of fused-ring (bicyclic) bond motifs is 1. The molecule has 0 saturated carbocycles. The molecule has 96 valence electrons. The summed E-state index contributed by atoms with van der Waals surface area (Å²) in [4.78, 5) is 11.6. The van der Waals surface area contributed by atoms with Gasteiger partial charge in [0.05, 0.1) is 6.20 Å². The summed E-state index contributed by atoms with van der Waals surface area (Å²) in [6, 6.07) is 8.13. The Morgan fingerprint density at radius 2 is 2.16 bits per heavy atom. The molecule has 0 bridgehead atoms. The van der Waals surface area contributed by atoms with Gasteiger partial charge < -0.3 is 16.0 Å². The molecule has 6 heteroatoms. The van der Waals surface area contributed by atoms with Gasteiger partial charge in [0.15, 0.2) is 11.6 Å². The van der Waals surface area contributed by atoms with Crippen LogP contribution in [0.25, 0.3) is 10.9 Å². The number of rotatable bonds is 2. The van der Waals surface area contributed by atoms with Gasteiger partial charge in [-0.3, -0.25) is 0 Å². The van der Waals surface area contributed by atoms with Gasteiger partial charge in [0.25, 0.3) is 0 Å². The quantitative estimate of drug-likeness (QED) is 0.677. The summed E-state index contributed by atoms with van der Waals surface area (Å²) in [6.07, 6.45) is 1.57. The molecule has 5 nitrogen and oxygen atoms in total. The van der Waals surface area contributed by atoms with Crippen LogP contribution in [0.4, 0.5) is 17.3 Å². The fourth-order valence-corrected chi connectivity index (χ4v) is 2.24. The van der Waals surface area contributed by atoms with Gasteiger partial charge in [-0.05, 0) is 47.1 Å². The maximum absolute atomic E-state index is 5.79. The first-order valence-electron chi connectivity index (χ1n) is 5.76. The molecule has 0 fully saturated rings. The standard InChI is InChI=1S/C13H12BrN5/c1-7-4-8-5-9(2-3-10(8)17-7)18-13-12(15)16-6-11(14)19-13/h2-6,17H,1H3,(H2,15,16)(H,18,19). The summed E-state index contributed by atoms with van der Waals surface area (Å²) in [5, 5.41) is 4.31. The highest BCUT2D eigenvalue weighted by Crippen LogP contribution is 2.24. The van der Waals surface area contributed by atoms with Crippen LogP contribution in [0.5, 0.6) is 0 Å². The molecule has 2 heterocycles. The lowest BCUT2D eigenvalue weighted by Crippen LogP contribution is -2.01. The molecule has 0 aliphatic heterocycles. The number of nitrogen functional groups attached to an aromatic ring is 1. The number of nitrogens with two attached hydrogens (primary N) is 1. The second kappa shape index (κ2) is 4.55. The third kappa shape index (κ3) is 2.39. The molecule has 0 aliphatic carbocycles. The Balaban J connectivity index is 1.98. The smallest absolute Gasteiger partial charge is 0.174 e. The van der Waals surface area contributed by atoms with E-state index in [0.717, 1.165) is 22.3 Å². The van der Waals surface area contributed by atoms with Crippen molar-refractivity contribution in [3.8, 4) is 0 Å². The summed E-state index contributed by atoms with van der Waals surface area (Å²) in [7, 11) is 0. The maximum Gasteiger partial charge on any atom is 0.174 e. The van der Waals surface area contributed by atoms with Crippen LogP contribution in [0.2, 0.25) is 0 Å². The van der Waals surface area contributed by atoms with Crippen LogP contribution in [0, 0.1) is 6.92 Å². The second-order valence-electron chi connectivity index (χ2n) is 4.31. The minimum Gasteiger partial charge on any atom is -0.381 e. The zero-order chi connectivity index (χ0) is 13.4. The molecule has 0 aliphatic rings. The number of nitrogens with one attached hydrogen (secondary N) is 2. The fraction of sp³-hybridized carbons (Fsp3) is 0.0769. The number of halogens is 1. The first-order valence-corrected chi connectivity index (χ1v) is 6.55. The van der Waals surface area contributed by atoms with Gasteiger partial charge >= 0.3 is 0 Å². The van der Waals surface area contributed by atoms with Crippen molar-refractivity contribution < 1.29 is 0 Å². The number of hydrogen-bond acceptors (Lipinski definition) is 4. The lowest BCUT2D eigenvalue weighted by molar-refractivity contribution is 1.17. The average Bonchev–Trinajstić information content (AvgIpc) is 2.73. The van der Waals surface area contributed by atoms with Gasteiger partial charge in [-0.25, -0.2) is 9.97 Å². The van der Waals surface area contributed by atoms with Crippen LogP contribution >= 0.6 is 15.9 Å². The lowest BCUT2D eigenvalue weighted by atomic mass is 10.2. The van der Waals surface area contributed by atoms with E-state index in [1.807, 2.05) is 25.1 Å². The number of aryl methyl sites for hydroxylation is 1. The van der Waals surface area contributed by atoms with Gasteiger partial charge in [0.2, 0.25) is 0 Å². The molecule has 3 aromatic rings. The molecule has 0 saturated heterocycles. The van der Waals surface area contributed by atoms with Gasteiger partial charge in [0, 0.05) is 22.3 Å². The van der Waals surface area contributed by atoms with E-state index < -0.39 is 0 Å². The van der Waals surface area contributed by atoms with E-state index in [-0.39, 0.29) is 0 Å². The third-order valence-electron chi connectivity index (χ3n) is 2.79. The van der Waals surface area contributed by atoms with Gasteiger partial charge in [-0.1, -0.05) is 0 Å². The Hall–Kier alpha value is -2.08. The number of anilines is 3. The molecule has 19 heavy (non-hydrogen) atoms. The first kappa shape index (κ1) is 12.0. The highest BCUT2D eigenvalue weighted by Gasteiger charge is 2.05. The molecular weight excluding hydrogens is 306 g/mol. The predicted octanol–water partition coefficient (Wildman–Crippen LogP) is 3.35. The maximum atomic E-state index is 5.79. The molecule has 1 aromatic carbocycles. The van der Waals surface area contributed by atoms with Crippen molar-refractivity contribution in [3.05, 3.63) is 40.8 Å². The van der Waals surface area contributed by atoms with Crippen molar-refractivity contribution in [2.45, 2.75) is 6.92 Å². The Labute approximate surface area is 118 Å². The molecule has 0 amide bonds. The highest BCUT2D eigenvalue weighted by molar-refractivity contribution is 9.10. The number of aromatic nitrogens is 3. The zero-order valence-electron chi connectivity index (χ0n) is 10.2. The van der Waals surface area contributed by atoms with Crippen molar-refractivity contribution in [3.63, 3.8) is 0 Å². The predicted molar refractivity (Wildman–Crippen MR) is 80.5 cm³/mol. The van der Waals surface area contributed by atoms with Crippen LogP contribution in [0.1, 0.15) is 5.69 Å². The molecule has 0 unspecified atom stereocenters. The largest absolute Gasteiger partial charge is 0.381 e. The summed E-state index contributed by atoms with van der Waals surface area (Å²) in [6.45, 7) is 2.03. The second-order valence-corrected chi connectivity index (χ2v) is 5.12. The molecule has 0 radical (unpaired) electrons. The Kier molecular flexibility index (Phi) is 2.87. The van der Waals surface area contributed by atoms with E-state index in [9.17, 15) is 0 Å². The van der Waals surface area contributed by atoms with E-state index in [4.69, 9.17) is 5.73 Å². The molecule has 2 aromatic heterocycles. The topological polar surface area (TPSA) is 79.6 Å². The molecule has 0 spiro atoms. The van der Waals surface area contributed by atoms with Crippen molar-refractivity contribution in [2.75, 3.05) is 11.1 Å². The lowest BCUT2D eigenvalue weighted by Gasteiger charge is -2.07. The van der Waals surface area contributed by atoms with E-state index in [2.05, 4.69) is 42.3 Å². The van der Waals surface area contributed by atoms with Crippen molar-refractivity contribution in [2.24, 2.45) is 0 Å². The number of hydrogen-bond donors (Lipinski definition) is 3. The number of H-pyrrole nitrogens is 1.